The van der Waals surface area contributed by atoms with Crippen LogP contribution >= 0.6 is 0 Å². The van der Waals surface area contributed by atoms with Crippen molar-refractivity contribution in [2.75, 3.05) is 24.2 Å². The van der Waals surface area contributed by atoms with Gasteiger partial charge in [-0.15, -0.1) is 0 Å². The highest BCUT2D eigenvalue weighted by Crippen LogP contribution is 2.30. The predicted molar refractivity (Wildman–Crippen MR) is 120 cm³/mol. The van der Waals surface area contributed by atoms with Crippen molar-refractivity contribution >= 4 is 57.5 Å². The minimum Gasteiger partial charge on any atom is -0.384 e. The fourth-order valence-electron chi connectivity index (χ4n) is 2.55. The van der Waals surface area contributed by atoms with Crippen molar-refractivity contribution in [3.63, 3.8) is 0 Å². The summed E-state index contributed by atoms with van der Waals surface area (Å²) >= 11 is 0. The standard InChI is InChI=1S/C16H19N3O12S4/c1-2-17-15-4-3-11(9-16(15)34(25,26)27)18-19-12-7-13(10-14(8-12)33(22,23)24)32(20,21)6-5-31-35(28,29)30/h3-4,7-10,17H,2,5-6H2,1H3,(H,22,23,24)(H,25,26,27)(H,28,29,30). The molecular formula is C16H19N3O12S4. The van der Waals surface area contributed by atoms with Gasteiger partial charge in [0.2, 0.25) is 0 Å². The summed E-state index contributed by atoms with van der Waals surface area (Å²) in [4.78, 5) is -2.12. The molecule has 19 heteroatoms. The zero-order chi connectivity index (χ0) is 26.7. The summed E-state index contributed by atoms with van der Waals surface area (Å²) in [7, 11) is -18.9. The molecule has 0 spiro atoms. The summed E-state index contributed by atoms with van der Waals surface area (Å²) in [6, 6.07) is 5.72. The summed E-state index contributed by atoms with van der Waals surface area (Å²) in [5, 5.41) is 10.1. The largest absolute Gasteiger partial charge is 0.397 e. The van der Waals surface area contributed by atoms with Crippen molar-refractivity contribution in [1.82, 2.24) is 0 Å². The molecule has 2 aromatic rings. The van der Waals surface area contributed by atoms with Gasteiger partial charge in [-0.05, 0) is 43.3 Å². The second-order valence-corrected chi connectivity index (χ2v) is 12.6. The first-order chi connectivity index (χ1) is 15.9. The molecule has 2 aromatic carbocycles. The molecule has 0 radical (unpaired) electrons. The second kappa shape index (κ2) is 10.6. The molecule has 0 atom stereocenters. The van der Waals surface area contributed by atoms with Gasteiger partial charge in [-0.25, -0.2) is 12.6 Å². The van der Waals surface area contributed by atoms with Gasteiger partial charge in [0, 0.05) is 6.54 Å². The van der Waals surface area contributed by atoms with Crippen molar-refractivity contribution in [2.45, 2.75) is 21.6 Å². The highest BCUT2D eigenvalue weighted by molar-refractivity contribution is 7.91. The monoisotopic (exact) mass is 573 g/mol. The van der Waals surface area contributed by atoms with Crippen LogP contribution in [0.1, 0.15) is 6.92 Å². The Morgan fingerprint density at radius 2 is 1.40 bits per heavy atom. The van der Waals surface area contributed by atoms with E-state index in [0.717, 1.165) is 18.2 Å². The molecule has 0 amide bonds. The minimum absolute atomic E-state index is 0.0720. The third-order valence-corrected chi connectivity index (χ3v) is 7.84. The van der Waals surface area contributed by atoms with Crippen molar-refractivity contribution in [2.24, 2.45) is 10.2 Å². The van der Waals surface area contributed by atoms with E-state index in [0.29, 0.717) is 12.6 Å². The molecule has 0 heterocycles. The molecule has 2 rings (SSSR count). The van der Waals surface area contributed by atoms with Crippen LogP contribution in [-0.4, -0.2) is 66.2 Å². The molecule has 0 aromatic heterocycles. The number of rotatable bonds is 11. The zero-order valence-corrected chi connectivity index (χ0v) is 20.9. The van der Waals surface area contributed by atoms with Crippen LogP contribution in [0.5, 0.6) is 0 Å². The zero-order valence-electron chi connectivity index (χ0n) is 17.6. The lowest BCUT2D eigenvalue weighted by molar-refractivity contribution is 0.284. The van der Waals surface area contributed by atoms with Crippen molar-refractivity contribution in [3.8, 4) is 0 Å². The molecule has 0 aliphatic heterocycles. The second-order valence-electron chi connectivity index (χ2n) is 6.59. The molecule has 0 aliphatic carbocycles. The SMILES string of the molecule is CCNc1ccc(N=Nc2cc(S(=O)(=O)O)cc(S(=O)(=O)CCOS(=O)(=O)O)c2)cc1S(=O)(=O)O. The summed E-state index contributed by atoms with van der Waals surface area (Å²) in [6.45, 7) is 1.02. The molecule has 15 nitrogen and oxygen atoms in total. The number of anilines is 1. The third kappa shape index (κ3) is 8.58. The lowest BCUT2D eigenvalue weighted by atomic mass is 10.3. The molecule has 35 heavy (non-hydrogen) atoms. The summed E-state index contributed by atoms with van der Waals surface area (Å²) in [5.74, 6) is -0.998. The summed E-state index contributed by atoms with van der Waals surface area (Å²) < 4.78 is 124. The molecule has 4 N–H and O–H groups in total. The van der Waals surface area contributed by atoms with E-state index in [1.54, 1.807) is 6.92 Å². The van der Waals surface area contributed by atoms with E-state index in [1.807, 2.05) is 0 Å². The van der Waals surface area contributed by atoms with Crippen LogP contribution in [0.4, 0.5) is 17.1 Å². The number of hydrogen-bond acceptors (Lipinski definition) is 12. The summed E-state index contributed by atoms with van der Waals surface area (Å²) in [5.41, 5.74) is -0.455. The molecule has 0 saturated heterocycles. The molecule has 0 fully saturated rings. The van der Waals surface area contributed by atoms with Crippen LogP contribution < -0.4 is 5.32 Å². The van der Waals surface area contributed by atoms with Crippen molar-refractivity contribution < 1.29 is 51.5 Å². The lowest BCUT2D eigenvalue weighted by Crippen LogP contribution is -2.16. The van der Waals surface area contributed by atoms with E-state index in [2.05, 4.69) is 19.7 Å². The molecule has 194 valence electrons. The molecule has 0 unspecified atom stereocenters. The number of benzene rings is 2. The van der Waals surface area contributed by atoms with E-state index in [-0.39, 0.29) is 11.4 Å². The number of nitrogens with one attached hydrogen (secondary N) is 1. The van der Waals surface area contributed by atoms with Crippen LogP contribution in [-0.2, 0) is 44.7 Å². The van der Waals surface area contributed by atoms with Crippen LogP contribution in [0.15, 0.2) is 61.3 Å². The fraction of sp³-hybridized carbons (Fsp3) is 0.250. The number of hydrogen-bond donors (Lipinski definition) is 4. The van der Waals surface area contributed by atoms with Gasteiger partial charge in [0.05, 0.1) is 39.2 Å². The Bertz CT molecular complexity index is 1570. The van der Waals surface area contributed by atoms with Crippen molar-refractivity contribution in [1.29, 1.82) is 0 Å². The first-order valence-corrected chi connectivity index (χ1v) is 15.1. The maximum absolute atomic E-state index is 12.5. The van der Waals surface area contributed by atoms with E-state index >= 15 is 0 Å². The van der Waals surface area contributed by atoms with Crippen LogP contribution in [0.25, 0.3) is 0 Å². The molecule has 0 aliphatic rings. The van der Waals surface area contributed by atoms with E-state index in [4.69, 9.17) is 4.55 Å². The van der Waals surface area contributed by atoms with Gasteiger partial charge in [0.15, 0.2) is 9.84 Å². The van der Waals surface area contributed by atoms with Gasteiger partial charge in [-0.2, -0.15) is 35.5 Å². The maximum Gasteiger partial charge on any atom is 0.397 e. The first kappa shape index (κ1) is 28.7. The Morgan fingerprint density at radius 1 is 0.800 bits per heavy atom. The smallest absolute Gasteiger partial charge is 0.384 e. The third-order valence-electron chi connectivity index (χ3n) is 4.00. The Kier molecular flexibility index (Phi) is 8.71. The quantitative estimate of drug-likeness (QED) is 0.221. The average molecular weight is 574 g/mol. The highest BCUT2D eigenvalue weighted by atomic mass is 32.3. The minimum atomic E-state index is -4.93. The number of nitrogens with zero attached hydrogens (tertiary/aromatic N) is 2. The van der Waals surface area contributed by atoms with Gasteiger partial charge in [0.1, 0.15) is 4.90 Å². The molecule has 0 bridgehead atoms. The molecule has 0 saturated carbocycles. The van der Waals surface area contributed by atoms with Crippen molar-refractivity contribution in [3.05, 3.63) is 36.4 Å². The molecular weight excluding hydrogens is 554 g/mol. The maximum atomic E-state index is 12.5. The van der Waals surface area contributed by atoms with Gasteiger partial charge in [-0.1, -0.05) is 0 Å². The first-order valence-electron chi connectivity index (χ1n) is 9.17. The van der Waals surface area contributed by atoms with Gasteiger partial charge in [0.25, 0.3) is 20.2 Å². The van der Waals surface area contributed by atoms with E-state index in [9.17, 15) is 42.8 Å². The Morgan fingerprint density at radius 3 is 1.94 bits per heavy atom. The number of sulfone groups is 1. The topological polar surface area (TPSA) is 243 Å². The predicted octanol–water partition coefficient (Wildman–Crippen LogP) is 1.62. The van der Waals surface area contributed by atoms with E-state index in [1.165, 1.54) is 12.1 Å². The van der Waals surface area contributed by atoms with Crippen LogP contribution in [0, 0.1) is 0 Å². The average Bonchev–Trinajstić information content (AvgIpc) is 2.70. The Balaban J connectivity index is 2.51. The Hall–Kier alpha value is -2.52. The van der Waals surface area contributed by atoms with Crippen LogP contribution in [0.3, 0.4) is 0 Å². The normalized spacial score (nSPS) is 13.3. The highest BCUT2D eigenvalue weighted by Gasteiger charge is 2.22. The summed E-state index contributed by atoms with van der Waals surface area (Å²) in [6.07, 6.45) is 0. The van der Waals surface area contributed by atoms with Gasteiger partial charge in [-0.3, -0.25) is 13.7 Å². The lowest BCUT2D eigenvalue weighted by Gasteiger charge is -2.09. The fourth-order valence-corrected chi connectivity index (χ4v) is 5.40. The van der Waals surface area contributed by atoms with Gasteiger partial charge >= 0.3 is 10.4 Å². The van der Waals surface area contributed by atoms with E-state index < -0.39 is 73.2 Å². The number of azo groups is 1. The van der Waals surface area contributed by atoms with Gasteiger partial charge < -0.3 is 5.32 Å². The van der Waals surface area contributed by atoms with Crippen LogP contribution in [0.2, 0.25) is 0 Å². The Labute approximate surface area is 201 Å².